The number of benzene rings is 3. The number of nitrogens with zero attached hydrogens (tertiary/aromatic N) is 1. The summed E-state index contributed by atoms with van der Waals surface area (Å²) in [5.74, 6) is 0.515. The van der Waals surface area contributed by atoms with E-state index in [2.05, 4.69) is 21.2 Å². The van der Waals surface area contributed by atoms with Gasteiger partial charge < -0.3 is 19.7 Å². The van der Waals surface area contributed by atoms with Gasteiger partial charge in [-0.1, -0.05) is 70.5 Å². The van der Waals surface area contributed by atoms with E-state index in [1.165, 1.54) is 0 Å². The van der Waals surface area contributed by atoms with Crippen molar-refractivity contribution in [2.24, 2.45) is 0 Å². The molecule has 7 heteroatoms. The van der Waals surface area contributed by atoms with Crippen LogP contribution >= 0.6 is 15.9 Å². The Kier molecular flexibility index (Phi) is 9.73. The van der Waals surface area contributed by atoms with Crippen molar-refractivity contribution in [1.82, 2.24) is 10.2 Å². The van der Waals surface area contributed by atoms with Crippen molar-refractivity contribution < 1.29 is 19.1 Å². The van der Waals surface area contributed by atoms with Crippen molar-refractivity contribution >= 4 is 27.7 Å². The number of ether oxygens (including phenoxy) is 2. The van der Waals surface area contributed by atoms with Crippen LogP contribution < -0.4 is 14.8 Å². The van der Waals surface area contributed by atoms with Gasteiger partial charge in [0.25, 0.3) is 5.91 Å². The van der Waals surface area contributed by atoms with Crippen LogP contribution in [0, 0.1) is 0 Å². The summed E-state index contributed by atoms with van der Waals surface area (Å²) >= 11 is 3.45. The van der Waals surface area contributed by atoms with Gasteiger partial charge in [0.05, 0.1) is 7.11 Å². The summed E-state index contributed by atoms with van der Waals surface area (Å²) in [7, 11) is 1.55. The number of rotatable bonds is 11. The number of carbonyl (C=O) groups excluding carboxylic acids is 2. The minimum atomic E-state index is -0.711. The second-order valence-corrected chi connectivity index (χ2v) is 9.37. The van der Waals surface area contributed by atoms with Gasteiger partial charge in [0, 0.05) is 23.5 Å². The van der Waals surface area contributed by atoms with Crippen molar-refractivity contribution in [2.45, 2.75) is 38.9 Å². The molecule has 184 valence electrons. The highest BCUT2D eigenvalue weighted by Crippen LogP contribution is 2.26. The fourth-order valence-electron chi connectivity index (χ4n) is 3.68. The van der Waals surface area contributed by atoms with Crippen molar-refractivity contribution in [2.75, 3.05) is 13.7 Å². The minimum Gasteiger partial charge on any atom is -0.493 e. The van der Waals surface area contributed by atoms with E-state index in [0.717, 1.165) is 15.6 Å². The van der Waals surface area contributed by atoms with Crippen molar-refractivity contribution in [3.05, 3.63) is 94.5 Å². The number of hydrogen-bond acceptors (Lipinski definition) is 4. The zero-order valence-corrected chi connectivity index (χ0v) is 21.8. The van der Waals surface area contributed by atoms with Crippen LogP contribution in [0.2, 0.25) is 0 Å². The highest BCUT2D eigenvalue weighted by molar-refractivity contribution is 9.10. The molecule has 3 aromatic carbocycles. The van der Waals surface area contributed by atoms with Crippen LogP contribution in [0.5, 0.6) is 11.5 Å². The second kappa shape index (κ2) is 13.0. The average Bonchev–Trinajstić information content (AvgIpc) is 2.86. The first-order chi connectivity index (χ1) is 16.9. The highest BCUT2D eigenvalue weighted by atomic mass is 79.9. The molecular formula is C28H31BrN2O4. The van der Waals surface area contributed by atoms with Crippen LogP contribution in [0.3, 0.4) is 0 Å². The first-order valence-electron chi connectivity index (χ1n) is 11.5. The van der Waals surface area contributed by atoms with E-state index in [-0.39, 0.29) is 31.0 Å². The summed E-state index contributed by atoms with van der Waals surface area (Å²) in [5.41, 5.74) is 1.88. The van der Waals surface area contributed by atoms with Crippen molar-refractivity contribution in [1.29, 1.82) is 0 Å². The summed E-state index contributed by atoms with van der Waals surface area (Å²) in [5, 5.41) is 2.98. The first kappa shape index (κ1) is 26.3. The Morgan fingerprint density at radius 1 is 0.886 bits per heavy atom. The molecule has 0 radical (unpaired) electrons. The third-order valence-electron chi connectivity index (χ3n) is 5.39. The van der Waals surface area contributed by atoms with Crippen molar-refractivity contribution in [3.63, 3.8) is 0 Å². The fraction of sp³-hybridized carbons (Fsp3) is 0.286. The monoisotopic (exact) mass is 538 g/mol. The van der Waals surface area contributed by atoms with E-state index < -0.39 is 6.04 Å². The Labute approximate surface area is 215 Å². The maximum absolute atomic E-state index is 13.6. The molecule has 0 unspecified atom stereocenters. The number of para-hydroxylation sites is 2. The molecule has 1 N–H and O–H groups in total. The molecule has 0 aliphatic carbocycles. The number of nitrogens with one attached hydrogen (secondary N) is 1. The largest absolute Gasteiger partial charge is 0.493 e. The third-order valence-corrected chi connectivity index (χ3v) is 5.92. The molecule has 0 aliphatic heterocycles. The van der Waals surface area contributed by atoms with Crippen molar-refractivity contribution in [3.8, 4) is 11.5 Å². The van der Waals surface area contributed by atoms with Crippen LogP contribution in [-0.2, 0) is 22.6 Å². The molecule has 2 amide bonds. The van der Waals surface area contributed by atoms with Crippen LogP contribution in [0.25, 0.3) is 0 Å². The molecule has 0 aromatic heterocycles. The maximum atomic E-state index is 13.6. The summed E-state index contributed by atoms with van der Waals surface area (Å²) in [4.78, 5) is 28.5. The SMILES string of the molecule is COc1ccccc1OCC(=O)N(Cc1ccc(Br)cc1)[C@H](Cc1ccccc1)C(=O)NC(C)C. The zero-order valence-electron chi connectivity index (χ0n) is 20.2. The quantitative estimate of drug-likeness (QED) is 0.373. The first-order valence-corrected chi connectivity index (χ1v) is 12.3. The molecular weight excluding hydrogens is 508 g/mol. The number of hydrogen-bond donors (Lipinski definition) is 1. The van der Waals surface area contributed by atoms with Gasteiger partial charge in [-0.15, -0.1) is 0 Å². The third kappa shape index (κ3) is 7.86. The van der Waals surface area contributed by atoms with Gasteiger partial charge in [-0.05, 0) is 49.2 Å². The van der Waals surface area contributed by atoms with Crippen LogP contribution in [0.4, 0.5) is 0 Å². The Balaban J connectivity index is 1.91. The van der Waals surface area contributed by atoms with E-state index in [9.17, 15) is 9.59 Å². The molecule has 0 heterocycles. The Hall–Kier alpha value is -3.32. The number of halogens is 1. The Morgan fingerprint density at radius 3 is 2.14 bits per heavy atom. The molecule has 0 fully saturated rings. The molecule has 35 heavy (non-hydrogen) atoms. The van der Waals surface area contributed by atoms with Gasteiger partial charge in [-0.25, -0.2) is 0 Å². The summed E-state index contributed by atoms with van der Waals surface area (Å²) < 4.78 is 12.1. The topological polar surface area (TPSA) is 67.9 Å². The molecule has 0 spiro atoms. The van der Waals surface area contributed by atoms with Gasteiger partial charge in [0.2, 0.25) is 5.91 Å². The molecule has 0 bridgehead atoms. The lowest BCUT2D eigenvalue weighted by Gasteiger charge is -2.32. The molecule has 0 aliphatic rings. The predicted octanol–water partition coefficient (Wildman–Crippen LogP) is 5.00. The lowest BCUT2D eigenvalue weighted by Crippen LogP contribution is -2.52. The molecule has 0 saturated heterocycles. The molecule has 0 saturated carbocycles. The van der Waals surface area contributed by atoms with Gasteiger partial charge >= 0.3 is 0 Å². The summed E-state index contributed by atoms with van der Waals surface area (Å²) in [6.45, 7) is 3.86. The van der Waals surface area contributed by atoms with Crippen LogP contribution in [-0.4, -0.2) is 42.5 Å². The van der Waals surface area contributed by atoms with E-state index in [1.807, 2.05) is 80.6 Å². The lowest BCUT2D eigenvalue weighted by molar-refractivity contribution is -0.143. The number of amides is 2. The Morgan fingerprint density at radius 2 is 1.51 bits per heavy atom. The lowest BCUT2D eigenvalue weighted by atomic mass is 10.0. The van der Waals surface area contributed by atoms with E-state index in [4.69, 9.17) is 9.47 Å². The Bertz CT molecular complexity index is 1100. The standard InChI is InChI=1S/C28H31BrN2O4/c1-20(2)30-28(33)24(17-21-9-5-4-6-10-21)31(18-22-13-15-23(29)16-14-22)27(32)19-35-26-12-8-7-11-25(26)34-3/h4-16,20,24H,17-19H2,1-3H3,(H,30,33)/t24-/m1/s1. The zero-order chi connectivity index (χ0) is 25.2. The van der Waals surface area contributed by atoms with Gasteiger partial charge in [-0.3, -0.25) is 9.59 Å². The average molecular weight is 539 g/mol. The maximum Gasteiger partial charge on any atom is 0.261 e. The van der Waals surface area contributed by atoms with Gasteiger partial charge in [-0.2, -0.15) is 0 Å². The van der Waals surface area contributed by atoms with E-state index in [1.54, 1.807) is 24.1 Å². The minimum absolute atomic E-state index is 0.0600. The predicted molar refractivity (Wildman–Crippen MR) is 140 cm³/mol. The van der Waals surface area contributed by atoms with Crippen LogP contribution in [0.1, 0.15) is 25.0 Å². The molecule has 1 atom stereocenters. The summed E-state index contributed by atoms with van der Waals surface area (Å²) in [6, 6.07) is 23.8. The van der Waals surface area contributed by atoms with E-state index in [0.29, 0.717) is 17.9 Å². The van der Waals surface area contributed by atoms with Crippen LogP contribution in [0.15, 0.2) is 83.3 Å². The highest BCUT2D eigenvalue weighted by Gasteiger charge is 2.31. The fourth-order valence-corrected chi connectivity index (χ4v) is 3.95. The number of methoxy groups -OCH3 is 1. The number of carbonyl (C=O) groups is 2. The summed E-state index contributed by atoms with van der Waals surface area (Å²) in [6.07, 6.45) is 0.385. The van der Waals surface area contributed by atoms with E-state index >= 15 is 0 Å². The molecule has 3 rings (SSSR count). The van der Waals surface area contributed by atoms with Gasteiger partial charge in [0.15, 0.2) is 18.1 Å². The van der Waals surface area contributed by atoms with Gasteiger partial charge in [0.1, 0.15) is 6.04 Å². The molecule has 3 aromatic rings. The second-order valence-electron chi connectivity index (χ2n) is 8.46. The smallest absolute Gasteiger partial charge is 0.261 e. The molecule has 6 nitrogen and oxygen atoms in total. The normalized spacial score (nSPS) is 11.6.